The molecular formula is C25H34Zr. The summed E-state index contributed by atoms with van der Waals surface area (Å²) in [7, 11) is 0. The van der Waals surface area contributed by atoms with Gasteiger partial charge in [0.2, 0.25) is 0 Å². The van der Waals surface area contributed by atoms with Gasteiger partial charge in [-0.3, -0.25) is 6.08 Å². The molecule has 0 atom stereocenters. The fourth-order valence-corrected chi connectivity index (χ4v) is 2.71. The minimum absolute atomic E-state index is 0.253. The molecule has 1 aliphatic rings. The van der Waals surface area contributed by atoms with Gasteiger partial charge in [0.25, 0.3) is 0 Å². The first-order chi connectivity index (χ1) is 11.9. The van der Waals surface area contributed by atoms with E-state index >= 15 is 0 Å². The SMILES string of the molecule is CC(C)(C)C1=CC=[C-]C1.CC(C)(C)c1c[cH-]c2ccccc12.C[C](C)=[Zr+2]. The van der Waals surface area contributed by atoms with Gasteiger partial charge in [0.1, 0.15) is 0 Å². The van der Waals surface area contributed by atoms with Crippen molar-refractivity contribution in [3.05, 3.63) is 65.8 Å². The molecule has 0 bridgehead atoms. The fourth-order valence-electron chi connectivity index (χ4n) is 2.71. The molecule has 0 N–H and O–H groups in total. The average Bonchev–Trinajstić information content (AvgIpc) is 3.16. The Labute approximate surface area is 176 Å². The molecule has 0 aliphatic heterocycles. The maximum atomic E-state index is 3.16. The van der Waals surface area contributed by atoms with Crippen LogP contribution < -0.4 is 0 Å². The van der Waals surface area contributed by atoms with Crippen molar-refractivity contribution in [1.82, 2.24) is 0 Å². The summed E-state index contributed by atoms with van der Waals surface area (Å²) in [6, 6.07) is 13.0. The maximum absolute atomic E-state index is 3.16. The molecule has 0 saturated carbocycles. The van der Waals surface area contributed by atoms with Crippen molar-refractivity contribution in [2.45, 2.75) is 67.2 Å². The van der Waals surface area contributed by atoms with E-state index in [1.54, 1.807) is 24.2 Å². The van der Waals surface area contributed by atoms with Crippen LogP contribution in [0.2, 0.25) is 0 Å². The molecule has 138 valence electrons. The Balaban J connectivity index is 0.000000227. The van der Waals surface area contributed by atoms with Crippen LogP contribution in [0.15, 0.2) is 54.1 Å². The van der Waals surface area contributed by atoms with Gasteiger partial charge in [0.15, 0.2) is 0 Å². The normalized spacial score (nSPS) is 13.5. The third-order valence-corrected chi connectivity index (χ3v) is 4.15. The van der Waals surface area contributed by atoms with Crippen LogP contribution in [0.4, 0.5) is 0 Å². The first-order valence-corrected chi connectivity index (χ1v) is 10.6. The molecule has 2 aromatic rings. The standard InChI is InChI=1S/C13H15.C9H13.C3H6.Zr/c1-13(2,3)12-9-8-10-6-4-5-7-11(10)12;1-9(2,3)8-6-4-5-7-8;1-3-2;/h4-9H,1-3H3;4,6H,7H2,1-3H3;1-2H3;/q2*-1;;+2. The molecule has 2 aromatic carbocycles. The molecule has 0 aromatic heterocycles. The van der Waals surface area contributed by atoms with Crippen LogP contribution in [0, 0.1) is 11.5 Å². The molecule has 0 amide bonds. The number of fused-ring (bicyclic) bond motifs is 1. The monoisotopic (exact) mass is 424 g/mol. The number of hydrogen-bond acceptors (Lipinski definition) is 0. The molecule has 0 saturated heterocycles. The van der Waals surface area contributed by atoms with Gasteiger partial charge in [-0.25, -0.2) is 12.2 Å². The van der Waals surface area contributed by atoms with E-state index < -0.39 is 0 Å². The summed E-state index contributed by atoms with van der Waals surface area (Å²) >= 11 is 1.55. The number of allylic oxidation sites excluding steroid dienone is 4. The van der Waals surface area contributed by atoms with Crippen LogP contribution in [0.1, 0.15) is 67.4 Å². The summed E-state index contributed by atoms with van der Waals surface area (Å²) in [5, 5.41) is 2.75. The van der Waals surface area contributed by atoms with Crippen molar-refractivity contribution in [2.24, 2.45) is 5.41 Å². The van der Waals surface area contributed by atoms with Crippen LogP contribution >= 0.6 is 0 Å². The van der Waals surface area contributed by atoms with Gasteiger partial charge in [0, 0.05) is 0 Å². The second-order valence-electron chi connectivity index (χ2n) is 9.07. The summed E-state index contributed by atoms with van der Waals surface area (Å²) in [5.74, 6) is 0. The van der Waals surface area contributed by atoms with Crippen LogP contribution in [-0.2, 0) is 29.7 Å². The van der Waals surface area contributed by atoms with Crippen LogP contribution in [0.3, 0.4) is 0 Å². The van der Waals surface area contributed by atoms with E-state index in [0.717, 1.165) is 6.42 Å². The van der Waals surface area contributed by atoms with E-state index in [9.17, 15) is 0 Å². The minimum atomic E-state index is 0.253. The van der Waals surface area contributed by atoms with Crippen molar-refractivity contribution in [1.29, 1.82) is 0 Å². The van der Waals surface area contributed by atoms with Gasteiger partial charge in [-0.2, -0.15) is 5.57 Å². The molecule has 1 aliphatic carbocycles. The van der Waals surface area contributed by atoms with E-state index in [0.29, 0.717) is 5.41 Å². The average molecular weight is 426 g/mol. The van der Waals surface area contributed by atoms with Crippen LogP contribution in [0.25, 0.3) is 10.8 Å². The van der Waals surface area contributed by atoms with Crippen molar-refractivity contribution in [3.63, 3.8) is 0 Å². The molecule has 3 rings (SSSR count). The summed E-state index contributed by atoms with van der Waals surface area (Å²) in [5.41, 5.74) is 3.54. The Hall–Kier alpha value is -0.937. The van der Waals surface area contributed by atoms with Crippen molar-refractivity contribution in [3.8, 4) is 0 Å². The summed E-state index contributed by atoms with van der Waals surface area (Å²) in [6.45, 7) is 17.7. The second kappa shape index (κ2) is 9.84. The van der Waals surface area contributed by atoms with E-state index in [2.05, 4.69) is 104 Å². The predicted molar refractivity (Wildman–Crippen MR) is 115 cm³/mol. The zero-order valence-electron chi connectivity index (χ0n) is 17.8. The van der Waals surface area contributed by atoms with Gasteiger partial charge in [0.05, 0.1) is 0 Å². The second-order valence-corrected chi connectivity index (χ2v) is 11.5. The van der Waals surface area contributed by atoms with Gasteiger partial charge >= 0.3 is 41.3 Å². The predicted octanol–water partition coefficient (Wildman–Crippen LogP) is 7.32. The topological polar surface area (TPSA) is 0 Å². The first kappa shape index (κ1) is 23.1. The Morgan fingerprint density at radius 1 is 1.00 bits per heavy atom. The summed E-state index contributed by atoms with van der Waals surface area (Å²) in [4.78, 5) is 0. The molecule has 0 heterocycles. The zero-order chi connectivity index (χ0) is 20.0. The van der Waals surface area contributed by atoms with Crippen molar-refractivity contribution in [2.75, 3.05) is 0 Å². The van der Waals surface area contributed by atoms with Crippen LogP contribution in [-0.4, -0.2) is 3.21 Å². The molecule has 0 radical (unpaired) electrons. The Morgan fingerprint density at radius 3 is 2.00 bits per heavy atom. The molecule has 1 heteroatoms. The van der Waals surface area contributed by atoms with Crippen molar-refractivity contribution >= 4 is 14.0 Å². The van der Waals surface area contributed by atoms with E-state index in [4.69, 9.17) is 0 Å². The number of rotatable bonds is 0. The number of hydrogen-bond donors (Lipinski definition) is 0. The molecule has 0 fully saturated rings. The van der Waals surface area contributed by atoms with Crippen LogP contribution in [0.5, 0.6) is 0 Å². The van der Waals surface area contributed by atoms with E-state index in [-0.39, 0.29) is 5.41 Å². The number of benzene rings is 1. The van der Waals surface area contributed by atoms with Gasteiger partial charge < -0.3 is 0 Å². The Morgan fingerprint density at radius 2 is 1.58 bits per heavy atom. The molecule has 0 nitrogen and oxygen atoms in total. The summed E-state index contributed by atoms with van der Waals surface area (Å²) in [6.07, 6.45) is 8.37. The van der Waals surface area contributed by atoms with E-state index in [1.807, 2.05) is 6.08 Å². The molecule has 0 spiro atoms. The first-order valence-electron chi connectivity index (χ1n) is 9.36. The van der Waals surface area contributed by atoms with Gasteiger partial charge in [-0.05, 0) is 5.41 Å². The third-order valence-electron chi connectivity index (χ3n) is 4.15. The molecule has 0 unspecified atom stereocenters. The van der Waals surface area contributed by atoms with Gasteiger partial charge in [-0.1, -0.05) is 53.0 Å². The summed E-state index contributed by atoms with van der Waals surface area (Å²) < 4.78 is 1.51. The van der Waals surface area contributed by atoms with Gasteiger partial charge in [-0.15, -0.1) is 53.1 Å². The quantitative estimate of drug-likeness (QED) is 0.388. The molecular weight excluding hydrogens is 391 g/mol. The van der Waals surface area contributed by atoms with Crippen molar-refractivity contribution < 1.29 is 24.2 Å². The zero-order valence-corrected chi connectivity index (χ0v) is 20.3. The Kier molecular flexibility index (Phi) is 8.74. The third kappa shape index (κ3) is 7.75. The Bertz CT molecular complexity index is 766. The fraction of sp³-hybridized carbons (Fsp3) is 0.440. The van der Waals surface area contributed by atoms with E-state index in [1.165, 1.54) is 25.1 Å². The molecule has 26 heavy (non-hydrogen) atoms.